The summed E-state index contributed by atoms with van der Waals surface area (Å²) in [5.74, 6) is -0.363. The Bertz CT molecular complexity index is 317. The van der Waals surface area contributed by atoms with Crippen LogP contribution in [0.5, 0.6) is 0 Å². The van der Waals surface area contributed by atoms with Crippen molar-refractivity contribution in [1.82, 2.24) is 0 Å². The van der Waals surface area contributed by atoms with Crippen molar-refractivity contribution in [2.24, 2.45) is 0 Å². The van der Waals surface area contributed by atoms with Gasteiger partial charge in [-0.25, -0.2) is 0 Å². The first-order chi connectivity index (χ1) is 6.70. The van der Waals surface area contributed by atoms with Crippen LogP contribution in [-0.4, -0.2) is 18.4 Å². The second-order valence-corrected chi connectivity index (χ2v) is 2.88. The van der Waals surface area contributed by atoms with Crippen LogP contribution < -0.4 is 0 Å². The first-order valence-electron chi connectivity index (χ1n) is 4.42. The van der Waals surface area contributed by atoms with Crippen LogP contribution >= 0.6 is 0 Å². The molecule has 0 aliphatic heterocycles. The Kier molecular flexibility index (Phi) is 3.85. The molecule has 0 saturated carbocycles. The zero-order chi connectivity index (χ0) is 10.4. The number of rotatable bonds is 4. The maximum Gasteiger partial charge on any atom is 0.302 e. The topological polar surface area (TPSA) is 43.4 Å². The van der Waals surface area contributed by atoms with Crippen molar-refractivity contribution in [2.45, 2.75) is 13.3 Å². The average molecular weight is 192 g/mol. The molecule has 1 aromatic carbocycles. The lowest BCUT2D eigenvalue weighted by atomic mass is 10.1. The van der Waals surface area contributed by atoms with E-state index in [1.54, 1.807) is 24.3 Å². The number of ketones is 1. The molecule has 0 heterocycles. The van der Waals surface area contributed by atoms with Gasteiger partial charge in [0.1, 0.15) is 0 Å². The fourth-order valence-corrected chi connectivity index (χ4v) is 1.06. The zero-order valence-corrected chi connectivity index (χ0v) is 8.03. The predicted molar refractivity (Wildman–Crippen MR) is 52.0 cm³/mol. The third-order valence-electron chi connectivity index (χ3n) is 1.73. The Hall–Kier alpha value is -1.64. The van der Waals surface area contributed by atoms with Crippen molar-refractivity contribution in [1.29, 1.82) is 0 Å². The number of carbonyl (C=O) groups excluding carboxylic acids is 2. The van der Waals surface area contributed by atoms with Gasteiger partial charge >= 0.3 is 5.97 Å². The number of benzene rings is 1. The van der Waals surface area contributed by atoms with Gasteiger partial charge in [0.05, 0.1) is 6.61 Å². The summed E-state index contributed by atoms with van der Waals surface area (Å²) in [6.07, 6.45) is 0.240. The van der Waals surface area contributed by atoms with E-state index in [4.69, 9.17) is 0 Å². The third kappa shape index (κ3) is 3.39. The molecular formula is C11H12O3. The van der Waals surface area contributed by atoms with Crippen LogP contribution in [-0.2, 0) is 9.53 Å². The molecule has 0 aliphatic rings. The molecule has 0 unspecified atom stereocenters. The lowest BCUT2D eigenvalue weighted by Crippen LogP contribution is -2.07. The Morgan fingerprint density at radius 3 is 2.43 bits per heavy atom. The summed E-state index contributed by atoms with van der Waals surface area (Å²) in [5.41, 5.74) is 0.652. The molecule has 1 aromatic rings. The summed E-state index contributed by atoms with van der Waals surface area (Å²) in [4.78, 5) is 21.9. The molecule has 0 radical (unpaired) electrons. The van der Waals surface area contributed by atoms with Crippen LogP contribution in [0.25, 0.3) is 0 Å². The standard InChI is InChI=1S/C11H12O3/c1-9(12)14-8-7-11(13)10-5-3-2-4-6-10/h2-6H,7-8H2,1H3. The quantitative estimate of drug-likeness (QED) is 0.540. The molecule has 0 saturated heterocycles. The SMILES string of the molecule is CC(=O)OCCC(=O)c1ccccc1. The van der Waals surface area contributed by atoms with Crippen LogP contribution in [0, 0.1) is 0 Å². The van der Waals surface area contributed by atoms with Crippen LogP contribution in [0.1, 0.15) is 23.7 Å². The first kappa shape index (κ1) is 10.4. The molecule has 0 N–H and O–H groups in total. The van der Waals surface area contributed by atoms with Crippen LogP contribution in [0.2, 0.25) is 0 Å². The monoisotopic (exact) mass is 192 g/mol. The molecule has 0 spiro atoms. The van der Waals surface area contributed by atoms with Crippen LogP contribution in [0.4, 0.5) is 0 Å². The summed E-state index contributed by atoms with van der Waals surface area (Å²) < 4.78 is 4.67. The minimum atomic E-state index is -0.356. The Morgan fingerprint density at radius 2 is 1.86 bits per heavy atom. The summed E-state index contributed by atoms with van der Waals surface area (Å²) in [5, 5.41) is 0. The van der Waals surface area contributed by atoms with E-state index >= 15 is 0 Å². The van der Waals surface area contributed by atoms with Crippen molar-refractivity contribution < 1.29 is 14.3 Å². The van der Waals surface area contributed by atoms with Crippen molar-refractivity contribution in [3.8, 4) is 0 Å². The molecule has 0 amide bonds. The Labute approximate surface area is 82.7 Å². The van der Waals surface area contributed by atoms with Crippen molar-refractivity contribution in [3.63, 3.8) is 0 Å². The van der Waals surface area contributed by atoms with E-state index in [-0.39, 0.29) is 24.8 Å². The van der Waals surface area contributed by atoms with Gasteiger partial charge in [0.2, 0.25) is 0 Å². The van der Waals surface area contributed by atoms with E-state index in [0.29, 0.717) is 5.56 Å². The maximum atomic E-state index is 11.4. The van der Waals surface area contributed by atoms with Crippen molar-refractivity contribution in [2.75, 3.05) is 6.61 Å². The second kappa shape index (κ2) is 5.17. The van der Waals surface area contributed by atoms with E-state index in [2.05, 4.69) is 4.74 Å². The number of hydrogen-bond donors (Lipinski definition) is 0. The molecule has 0 fully saturated rings. The minimum absolute atomic E-state index is 0.00755. The number of hydrogen-bond acceptors (Lipinski definition) is 3. The van der Waals surface area contributed by atoms with E-state index in [9.17, 15) is 9.59 Å². The lowest BCUT2D eigenvalue weighted by Gasteiger charge is -2.01. The molecule has 0 atom stereocenters. The van der Waals surface area contributed by atoms with E-state index in [1.807, 2.05) is 6.07 Å². The van der Waals surface area contributed by atoms with Gasteiger partial charge in [-0.2, -0.15) is 0 Å². The van der Waals surface area contributed by atoms with Gasteiger partial charge in [-0.05, 0) is 0 Å². The van der Waals surface area contributed by atoms with Gasteiger partial charge in [-0.15, -0.1) is 0 Å². The van der Waals surface area contributed by atoms with Crippen molar-refractivity contribution in [3.05, 3.63) is 35.9 Å². The lowest BCUT2D eigenvalue weighted by molar-refractivity contribution is -0.140. The highest BCUT2D eigenvalue weighted by Gasteiger charge is 2.04. The molecule has 1 rings (SSSR count). The molecule has 3 heteroatoms. The third-order valence-corrected chi connectivity index (χ3v) is 1.73. The van der Waals surface area contributed by atoms with Crippen LogP contribution in [0.3, 0.4) is 0 Å². The maximum absolute atomic E-state index is 11.4. The molecular weight excluding hydrogens is 180 g/mol. The Balaban J connectivity index is 2.40. The van der Waals surface area contributed by atoms with E-state index in [0.717, 1.165) is 0 Å². The van der Waals surface area contributed by atoms with Gasteiger partial charge in [0.25, 0.3) is 0 Å². The highest BCUT2D eigenvalue weighted by molar-refractivity contribution is 5.96. The zero-order valence-electron chi connectivity index (χ0n) is 8.03. The van der Waals surface area contributed by atoms with Crippen molar-refractivity contribution >= 4 is 11.8 Å². The highest BCUT2D eigenvalue weighted by atomic mass is 16.5. The fraction of sp³-hybridized carbons (Fsp3) is 0.273. The number of carbonyl (C=O) groups is 2. The number of esters is 1. The van der Waals surface area contributed by atoms with E-state index < -0.39 is 0 Å². The fourth-order valence-electron chi connectivity index (χ4n) is 1.06. The smallest absolute Gasteiger partial charge is 0.302 e. The average Bonchev–Trinajstić information content (AvgIpc) is 2.18. The summed E-state index contributed by atoms with van der Waals surface area (Å²) >= 11 is 0. The molecule has 3 nitrogen and oxygen atoms in total. The largest absolute Gasteiger partial charge is 0.465 e. The second-order valence-electron chi connectivity index (χ2n) is 2.88. The molecule has 74 valence electrons. The van der Waals surface area contributed by atoms with Gasteiger partial charge in [-0.3, -0.25) is 9.59 Å². The summed E-state index contributed by atoms with van der Waals surface area (Å²) in [7, 11) is 0. The number of Topliss-reactive ketones (excluding diaryl/α,β-unsaturated/α-hetero) is 1. The molecule has 0 aliphatic carbocycles. The van der Waals surface area contributed by atoms with E-state index in [1.165, 1.54) is 6.92 Å². The Morgan fingerprint density at radius 1 is 1.21 bits per heavy atom. The van der Waals surface area contributed by atoms with Gasteiger partial charge < -0.3 is 4.74 Å². The minimum Gasteiger partial charge on any atom is -0.465 e. The van der Waals surface area contributed by atoms with Gasteiger partial charge in [0.15, 0.2) is 5.78 Å². The molecule has 0 bridgehead atoms. The highest BCUT2D eigenvalue weighted by Crippen LogP contribution is 2.02. The first-order valence-corrected chi connectivity index (χ1v) is 4.42. The van der Waals surface area contributed by atoms with Gasteiger partial charge in [0, 0.05) is 18.9 Å². The molecule has 14 heavy (non-hydrogen) atoms. The van der Waals surface area contributed by atoms with Crippen LogP contribution in [0.15, 0.2) is 30.3 Å². The molecule has 0 aromatic heterocycles. The normalized spacial score (nSPS) is 9.50. The summed E-state index contributed by atoms with van der Waals surface area (Å²) in [6, 6.07) is 8.95. The summed E-state index contributed by atoms with van der Waals surface area (Å²) in [6.45, 7) is 1.48. The number of ether oxygens (including phenoxy) is 1. The predicted octanol–water partition coefficient (Wildman–Crippen LogP) is 1.82. The van der Waals surface area contributed by atoms with Gasteiger partial charge in [-0.1, -0.05) is 30.3 Å².